The number of esters is 2. The SMILES string of the molecule is CC/C=C\C/C=C\C/C=C\C/C=C\C/C=C\CCCCCCCC(=O)OC(CO)COC(=O)CCCCCCCCCCCCC/C=C\CCCCCCCCCC. The van der Waals surface area contributed by atoms with Crippen LogP contribution in [0.3, 0.4) is 0 Å². The lowest BCUT2D eigenvalue weighted by Crippen LogP contribution is -2.28. The van der Waals surface area contributed by atoms with E-state index in [1.807, 2.05) is 0 Å². The molecule has 0 aliphatic heterocycles. The van der Waals surface area contributed by atoms with Crippen molar-refractivity contribution in [2.24, 2.45) is 0 Å². The number of ether oxygens (including phenoxy) is 2. The standard InChI is InChI=1S/C53H92O5/c1-3-5-7-9-11-13-15-17-19-21-23-25-26-28-29-31-33-35-37-39-41-43-45-47-52(55)57-50-51(49-54)58-53(56)48-46-44-42-40-38-36-34-32-30-27-24-22-20-18-16-14-12-10-8-6-4-2/h6,8,12,14,18,20-21,23-24,27,32,34,51,54H,3-5,7,9-11,13,15-17,19,22,25-26,28-31,33,35-50H2,1-2H3/b8-6-,14-12-,20-18-,23-21-,27-24-,34-32-. The van der Waals surface area contributed by atoms with Crippen LogP contribution >= 0.6 is 0 Å². The maximum atomic E-state index is 12.2. The number of aliphatic hydroxyl groups is 1. The van der Waals surface area contributed by atoms with Crippen LogP contribution in [0.2, 0.25) is 0 Å². The van der Waals surface area contributed by atoms with Crippen molar-refractivity contribution >= 4 is 11.9 Å². The van der Waals surface area contributed by atoms with E-state index in [2.05, 4.69) is 86.8 Å². The molecule has 0 heterocycles. The molecular weight excluding hydrogens is 717 g/mol. The summed E-state index contributed by atoms with van der Waals surface area (Å²) in [5, 5.41) is 9.61. The fourth-order valence-corrected chi connectivity index (χ4v) is 6.81. The van der Waals surface area contributed by atoms with Crippen molar-refractivity contribution in [2.45, 2.75) is 238 Å². The second kappa shape index (κ2) is 48.7. The quantitative estimate of drug-likeness (QED) is 0.0377. The Kier molecular flexibility index (Phi) is 46.5. The topological polar surface area (TPSA) is 72.8 Å². The summed E-state index contributed by atoms with van der Waals surface area (Å²) < 4.78 is 10.7. The van der Waals surface area contributed by atoms with Crippen LogP contribution in [0.4, 0.5) is 0 Å². The third kappa shape index (κ3) is 46.0. The third-order valence-electron chi connectivity index (χ3n) is 10.5. The van der Waals surface area contributed by atoms with Crippen LogP contribution < -0.4 is 0 Å². The summed E-state index contributed by atoms with van der Waals surface area (Å²) in [5.41, 5.74) is 0. The van der Waals surface area contributed by atoms with Crippen molar-refractivity contribution in [1.82, 2.24) is 0 Å². The Hall–Kier alpha value is -2.66. The highest BCUT2D eigenvalue weighted by Gasteiger charge is 2.16. The van der Waals surface area contributed by atoms with Gasteiger partial charge in [-0.15, -0.1) is 0 Å². The molecule has 1 unspecified atom stereocenters. The molecule has 0 aromatic rings. The van der Waals surface area contributed by atoms with E-state index in [-0.39, 0.29) is 25.2 Å². The number of unbranched alkanes of at least 4 members (excludes halogenated alkanes) is 24. The summed E-state index contributed by atoms with van der Waals surface area (Å²) in [4.78, 5) is 24.4. The third-order valence-corrected chi connectivity index (χ3v) is 10.5. The number of carbonyl (C=O) groups is 2. The zero-order chi connectivity index (χ0) is 42.1. The molecule has 0 spiro atoms. The summed E-state index contributed by atoms with van der Waals surface area (Å²) >= 11 is 0. The molecule has 0 rings (SSSR count). The smallest absolute Gasteiger partial charge is 0.306 e. The maximum absolute atomic E-state index is 12.2. The average Bonchev–Trinajstić information content (AvgIpc) is 3.23. The number of allylic oxidation sites excluding steroid dienone is 12. The highest BCUT2D eigenvalue weighted by molar-refractivity contribution is 5.70. The molecule has 334 valence electrons. The van der Waals surface area contributed by atoms with Gasteiger partial charge in [-0.1, -0.05) is 209 Å². The summed E-state index contributed by atoms with van der Waals surface area (Å²) in [6.45, 7) is 4.02. The first-order valence-corrected chi connectivity index (χ1v) is 24.5. The molecule has 1 atom stereocenters. The number of aliphatic hydroxyl groups excluding tert-OH is 1. The molecule has 0 bridgehead atoms. The van der Waals surface area contributed by atoms with Gasteiger partial charge in [0.2, 0.25) is 0 Å². The molecule has 1 N–H and O–H groups in total. The van der Waals surface area contributed by atoms with Crippen LogP contribution in [0.1, 0.15) is 232 Å². The molecule has 5 nitrogen and oxygen atoms in total. The Balaban J connectivity index is 3.56. The van der Waals surface area contributed by atoms with Crippen LogP contribution in [0.5, 0.6) is 0 Å². The van der Waals surface area contributed by atoms with Gasteiger partial charge in [-0.3, -0.25) is 9.59 Å². The van der Waals surface area contributed by atoms with E-state index in [1.165, 1.54) is 116 Å². The molecule has 0 aromatic carbocycles. The molecular formula is C53H92O5. The molecule has 58 heavy (non-hydrogen) atoms. The first-order valence-electron chi connectivity index (χ1n) is 24.5. The Bertz CT molecular complexity index is 1050. The predicted molar refractivity (Wildman–Crippen MR) is 251 cm³/mol. The van der Waals surface area contributed by atoms with E-state index in [4.69, 9.17) is 9.47 Å². The Morgan fingerprint density at radius 3 is 1.14 bits per heavy atom. The Morgan fingerprint density at radius 2 is 0.741 bits per heavy atom. The Morgan fingerprint density at radius 1 is 0.414 bits per heavy atom. The van der Waals surface area contributed by atoms with Crippen molar-refractivity contribution in [2.75, 3.05) is 13.2 Å². The van der Waals surface area contributed by atoms with Gasteiger partial charge in [0.15, 0.2) is 6.10 Å². The van der Waals surface area contributed by atoms with E-state index in [9.17, 15) is 14.7 Å². The molecule has 0 saturated carbocycles. The van der Waals surface area contributed by atoms with Crippen molar-refractivity contribution in [1.29, 1.82) is 0 Å². The molecule has 0 radical (unpaired) electrons. The maximum Gasteiger partial charge on any atom is 0.306 e. The fourth-order valence-electron chi connectivity index (χ4n) is 6.81. The Labute approximate surface area is 359 Å². The minimum atomic E-state index is -0.786. The highest BCUT2D eigenvalue weighted by Crippen LogP contribution is 2.15. The van der Waals surface area contributed by atoms with Gasteiger partial charge in [0, 0.05) is 12.8 Å². The van der Waals surface area contributed by atoms with E-state index >= 15 is 0 Å². The normalized spacial score (nSPS) is 12.8. The number of hydrogen-bond donors (Lipinski definition) is 1. The van der Waals surface area contributed by atoms with E-state index < -0.39 is 6.10 Å². The molecule has 0 aromatic heterocycles. The largest absolute Gasteiger partial charge is 0.462 e. The lowest BCUT2D eigenvalue weighted by Gasteiger charge is -2.15. The van der Waals surface area contributed by atoms with Crippen LogP contribution in [0.25, 0.3) is 0 Å². The van der Waals surface area contributed by atoms with Crippen molar-refractivity contribution in [3.05, 3.63) is 72.9 Å². The zero-order valence-electron chi connectivity index (χ0n) is 38.0. The second-order valence-corrected chi connectivity index (χ2v) is 16.2. The predicted octanol–water partition coefficient (Wildman–Crippen LogP) is 16.1. The first kappa shape index (κ1) is 55.3. The second-order valence-electron chi connectivity index (χ2n) is 16.2. The van der Waals surface area contributed by atoms with Crippen molar-refractivity contribution in [3.63, 3.8) is 0 Å². The van der Waals surface area contributed by atoms with Crippen LogP contribution in [0, 0.1) is 0 Å². The molecule has 0 amide bonds. The van der Waals surface area contributed by atoms with Gasteiger partial charge in [-0.25, -0.2) is 0 Å². The van der Waals surface area contributed by atoms with Crippen molar-refractivity contribution in [3.8, 4) is 0 Å². The van der Waals surface area contributed by atoms with Gasteiger partial charge in [0.25, 0.3) is 0 Å². The highest BCUT2D eigenvalue weighted by atomic mass is 16.6. The molecule has 0 aliphatic carbocycles. The minimum Gasteiger partial charge on any atom is -0.462 e. The lowest BCUT2D eigenvalue weighted by molar-refractivity contribution is -0.161. The van der Waals surface area contributed by atoms with E-state index in [1.54, 1.807) is 0 Å². The molecule has 0 saturated heterocycles. The van der Waals surface area contributed by atoms with Gasteiger partial charge in [-0.2, -0.15) is 0 Å². The number of rotatable bonds is 44. The average molecular weight is 809 g/mol. The van der Waals surface area contributed by atoms with E-state index in [0.29, 0.717) is 12.8 Å². The van der Waals surface area contributed by atoms with Gasteiger partial charge in [0.1, 0.15) is 6.61 Å². The first-order chi connectivity index (χ1) is 28.6. The van der Waals surface area contributed by atoms with Gasteiger partial charge >= 0.3 is 11.9 Å². The summed E-state index contributed by atoms with van der Waals surface area (Å²) in [6.07, 6.45) is 65.6. The molecule has 5 heteroatoms. The lowest BCUT2D eigenvalue weighted by atomic mass is 10.0. The summed E-state index contributed by atoms with van der Waals surface area (Å²) in [5.74, 6) is -0.612. The fraction of sp³-hybridized carbons (Fsp3) is 0.736. The molecule has 0 fully saturated rings. The van der Waals surface area contributed by atoms with Gasteiger partial charge < -0.3 is 14.6 Å². The molecule has 0 aliphatic rings. The van der Waals surface area contributed by atoms with E-state index in [0.717, 1.165) is 89.9 Å². The van der Waals surface area contributed by atoms with Crippen LogP contribution in [-0.2, 0) is 19.1 Å². The van der Waals surface area contributed by atoms with Gasteiger partial charge in [-0.05, 0) is 83.5 Å². The van der Waals surface area contributed by atoms with Crippen LogP contribution in [-0.4, -0.2) is 36.4 Å². The van der Waals surface area contributed by atoms with Gasteiger partial charge in [0.05, 0.1) is 6.61 Å². The minimum absolute atomic E-state index is 0.0765. The van der Waals surface area contributed by atoms with Crippen molar-refractivity contribution < 1.29 is 24.2 Å². The number of hydrogen-bond acceptors (Lipinski definition) is 5. The monoisotopic (exact) mass is 809 g/mol. The zero-order valence-corrected chi connectivity index (χ0v) is 38.0. The number of carbonyl (C=O) groups excluding carboxylic acids is 2. The van der Waals surface area contributed by atoms with Crippen LogP contribution in [0.15, 0.2) is 72.9 Å². The summed E-state index contributed by atoms with van der Waals surface area (Å²) in [7, 11) is 0. The summed E-state index contributed by atoms with van der Waals surface area (Å²) in [6, 6.07) is 0.